The van der Waals surface area contributed by atoms with Gasteiger partial charge in [-0.1, -0.05) is 6.92 Å². The summed E-state index contributed by atoms with van der Waals surface area (Å²) in [5.41, 5.74) is 0.980. The smallest absolute Gasteiger partial charge is 0.120 e. The molecule has 0 atom stereocenters. The Hall–Kier alpha value is -1.09. The minimum atomic E-state index is 0.759. The van der Waals surface area contributed by atoms with E-state index in [0.29, 0.717) is 0 Å². The molecule has 0 spiro atoms. The van der Waals surface area contributed by atoms with Crippen molar-refractivity contribution in [2.45, 2.75) is 13.3 Å². The molecular weight excluding hydrogens is 254 g/mol. The minimum absolute atomic E-state index is 0.759. The fourth-order valence-electron chi connectivity index (χ4n) is 1.39. The highest BCUT2D eigenvalue weighted by atomic mass is 79.9. The summed E-state index contributed by atoms with van der Waals surface area (Å²) >= 11 is 3.35. The first-order valence-electron chi connectivity index (χ1n) is 4.98. The van der Waals surface area contributed by atoms with Gasteiger partial charge in [0.25, 0.3) is 0 Å². The summed E-state index contributed by atoms with van der Waals surface area (Å²) in [4.78, 5) is 4.36. The van der Waals surface area contributed by atoms with Gasteiger partial charge in [0.1, 0.15) is 10.4 Å². The average Bonchev–Trinajstić information content (AvgIpc) is 2.26. The van der Waals surface area contributed by atoms with Crippen molar-refractivity contribution in [3.05, 3.63) is 34.9 Å². The standard InChI is InChI=1S/C12H12BrNO/c1-2-7-15-10-4-5-11-9(8-10)3-6-12(13)14-11/h3-6,8H,2,7H2,1H3. The molecule has 2 nitrogen and oxygen atoms in total. The molecule has 0 saturated heterocycles. The lowest BCUT2D eigenvalue weighted by atomic mass is 10.2. The molecule has 0 fully saturated rings. The highest BCUT2D eigenvalue weighted by Gasteiger charge is 1.98. The molecule has 0 saturated carbocycles. The molecule has 2 aromatic rings. The topological polar surface area (TPSA) is 22.1 Å². The van der Waals surface area contributed by atoms with E-state index < -0.39 is 0 Å². The third-order valence-corrected chi connectivity index (χ3v) is 2.54. The molecule has 3 heteroatoms. The van der Waals surface area contributed by atoms with Gasteiger partial charge < -0.3 is 4.74 Å². The molecular formula is C12H12BrNO. The maximum absolute atomic E-state index is 5.55. The number of pyridine rings is 1. The number of hydrogen-bond donors (Lipinski definition) is 0. The van der Waals surface area contributed by atoms with Crippen molar-refractivity contribution in [3.8, 4) is 5.75 Å². The second-order valence-corrected chi connectivity index (χ2v) is 4.15. The molecule has 0 aliphatic heterocycles. The van der Waals surface area contributed by atoms with Crippen molar-refractivity contribution in [1.29, 1.82) is 0 Å². The van der Waals surface area contributed by atoms with Crippen molar-refractivity contribution in [2.75, 3.05) is 6.61 Å². The first-order chi connectivity index (χ1) is 7.29. The van der Waals surface area contributed by atoms with E-state index in [1.54, 1.807) is 0 Å². The lowest BCUT2D eigenvalue weighted by Crippen LogP contribution is -1.94. The fraction of sp³-hybridized carbons (Fsp3) is 0.250. The number of fused-ring (bicyclic) bond motifs is 1. The first kappa shape index (κ1) is 10.4. The summed E-state index contributed by atoms with van der Waals surface area (Å²) in [5, 5.41) is 1.10. The largest absolute Gasteiger partial charge is 0.494 e. The number of benzene rings is 1. The summed E-state index contributed by atoms with van der Waals surface area (Å²) in [6.45, 7) is 2.86. The lowest BCUT2D eigenvalue weighted by molar-refractivity contribution is 0.318. The van der Waals surface area contributed by atoms with E-state index in [2.05, 4.69) is 27.8 Å². The zero-order valence-electron chi connectivity index (χ0n) is 8.53. The van der Waals surface area contributed by atoms with Crippen LogP contribution in [-0.2, 0) is 0 Å². The fourth-order valence-corrected chi connectivity index (χ4v) is 1.71. The summed E-state index contributed by atoms with van der Waals surface area (Å²) < 4.78 is 6.41. The van der Waals surface area contributed by atoms with Gasteiger partial charge in [-0.2, -0.15) is 0 Å². The van der Waals surface area contributed by atoms with Gasteiger partial charge in [-0.3, -0.25) is 0 Å². The minimum Gasteiger partial charge on any atom is -0.494 e. The Balaban J connectivity index is 2.34. The number of hydrogen-bond acceptors (Lipinski definition) is 2. The van der Waals surface area contributed by atoms with Gasteiger partial charge in [0.05, 0.1) is 12.1 Å². The van der Waals surface area contributed by atoms with Gasteiger partial charge in [0, 0.05) is 5.39 Å². The molecule has 0 amide bonds. The van der Waals surface area contributed by atoms with E-state index in [1.165, 1.54) is 0 Å². The molecule has 0 bridgehead atoms. The normalized spacial score (nSPS) is 10.5. The zero-order valence-corrected chi connectivity index (χ0v) is 10.1. The van der Waals surface area contributed by atoms with Crippen LogP contribution in [0.5, 0.6) is 5.75 Å². The highest BCUT2D eigenvalue weighted by molar-refractivity contribution is 9.10. The number of nitrogens with zero attached hydrogens (tertiary/aromatic N) is 1. The van der Waals surface area contributed by atoms with E-state index in [4.69, 9.17) is 4.74 Å². The van der Waals surface area contributed by atoms with Crippen molar-refractivity contribution >= 4 is 26.8 Å². The quantitative estimate of drug-likeness (QED) is 0.788. The number of ether oxygens (including phenoxy) is 1. The van der Waals surface area contributed by atoms with Gasteiger partial charge in [-0.25, -0.2) is 4.98 Å². The predicted molar refractivity (Wildman–Crippen MR) is 65.2 cm³/mol. The Morgan fingerprint density at radius 1 is 1.27 bits per heavy atom. The molecule has 1 aromatic heterocycles. The Bertz CT molecular complexity index is 470. The average molecular weight is 266 g/mol. The van der Waals surface area contributed by atoms with Crippen LogP contribution >= 0.6 is 15.9 Å². The molecule has 78 valence electrons. The van der Waals surface area contributed by atoms with Gasteiger partial charge in [-0.15, -0.1) is 0 Å². The van der Waals surface area contributed by atoms with Gasteiger partial charge in [-0.05, 0) is 52.7 Å². The van der Waals surface area contributed by atoms with Crippen molar-refractivity contribution in [3.63, 3.8) is 0 Å². The van der Waals surface area contributed by atoms with Crippen LogP contribution in [0, 0.1) is 0 Å². The molecule has 1 heterocycles. The van der Waals surface area contributed by atoms with Crippen LogP contribution in [0.25, 0.3) is 10.9 Å². The van der Waals surface area contributed by atoms with Crippen LogP contribution < -0.4 is 4.74 Å². The molecule has 0 unspecified atom stereocenters. The molecule has 0 N–H and O–H groups in total. The van der Waals surface area contributed by atoms with E-state index in [1.807, 2.05) is 30.3 Å². The number of rotatable bonds is 3. The Kier molecular flexibility index (Phi) is 3.21. The number of aromatic nitrogens is 1. The Labute approximate surface area is 97.4 Å². The number of halogens is 1. The van der Waals surface area contributed by atoms with Crippen molar-refractivity contribution in [1.82, 2.24) is 4.98 Å². The van der Waals surface area contributed by atoms with E-state index in [-0.39, 0.29) is 0 Å². The van der Waals surface area contributed by atoms with Gasteiger partial charge in [0.15, 0.2) is 0 Å². The molecule has 2 rings (SSSR count). The molecule has 1 aromatic carbocycles. The second kappa shape index (κ2) is 4.62. The van der Waals surface area contributed by atoms with Crippen LogP contribution in [0.3, 0.4) is 0 Å². The third kappa shape index (κ3) is 2.48. The maximum Gasteiger partial charge on any atom is 0.120 e. The monoisotopic (exact) mass is 265 g/mol. The van der Waals surface area contributed by atoms with Crippen LogP contribution in [0.1, 0.15) is 13.3 Å². The summed E-state index contributed by atoms with van der Waals surface area (Å²) in [7, 11) is 0. The van der Waals surface area contributed by atoms with Crippen LogP contribution in [0.4, 0.5) is 0 Å². The summed E-state index contributed by atoms with van der Waals surface area (Å²) in [5.74, 6) is 0.911. The molecule has 0 aliphatic rings. The Morgan fingerprint density at radius 3 is 2.93 bits per heavy atom. The van der Waals surface area contributed by atoms with E-state index in [9.17, 15) is 0 Å². The molecule has 0 radical (unpaired) electrons. The SMILES string of the molecule is CCCOc1ccc2nc(Br)ccc2c1. The van der Waals surface area contributed by atoms with Gasteiger partial charge in [0.2, 0.25) is 0 Å². The van der Waals surface area contributed by atoms with E-state index in [0.717, 1.165) is 34.3 Å². The molecule has 0 aliphatic carbocycles. The van der Waals surface area contributed by atoms with E-state index >= 15 is 0 Å². The Morgan fingerprint density at radius 2 is 2.13 bits per heavy atom. The first-order valence-corrected chi connectivity index (χ1v) is 5.78. The summed E-state index contributed by atoms with van der Waals surface area (Å²) in [6, 6.07) is 9.92. The second-order valence-electron chi connectivity index (χ2n) is 3.34. The zero-order chi connectivity index (χ0) is 10.7. The van der Waals surface area contributed by atoms with Crippen LogP contribution in [0.15, 0.2) is 34.9 Å². The highest BCUT2D eigenvalue weighted by Crippen LogP contribution is 2.21. The van der Waals surface area contributed by atoms with Crippen molar-refractivity contribution in [2.24, 2.45) is 0 Å². The van der Waals surface area contributed by atoms with Crippen molar-refractivity contribution < 1.29 is 4.74 Å². The maximum atomic E-state index is 5.55. The predicted octanol–water partition coefficient (Wildman–Crippen LogP) is 3.79. The summed E-state index contributed by atoms with van der Waals surface area (Å²) in [6.07, 6.45) is 1.02. The van der Waals surface area contributed by atoms with Crippen LogP contribution in [0.2, 0.25) is 0 Å². The van der Waals surface area contributed by atoms with Gasteiger partial charge >= 0.3 is 0 Å². The van der Waals surface area contributed by atoms with Crippen LogP contribution in [-0.4, -0.2) is 11.6 Å². The lowest BCUT2D eigenvalue weighted by Gasteiger charge is -2.05. The molecule has 15 heavy (non-hydrogen) atoms. The third-order valence-electron chi connectivity index (χ3n) is 2.10.